The van der Waals surface area contributed by atoms with Crippen molar-refractivity contribution >= 4 is 25.3 Å². The molecule has 1 rings (SSSR count). The van der Waals surface area contributed by atoms with Crippen LogP contribution in [0.15, 0.2) is 30.3 Å². The van der Waals surface area contributed by atoms with Crippen molar-refractivity contribution in [3.63, 3.8) is 0 Å². The second-order valence-electron chi connectivity index (χ2n) is 2.96. The van der Waals surface area contributed by atoms with Crippen LogP contribution < -0.4 is 0 Å². The zero-order valence-corrected chi connectivity index (χ0v) is 12.4. The summed E-state index contributed by atoms with van der Waals surface area (Å²) < 4.78 is 0. The first kappa shape index (κ1) is 22.1. The van der Waals surface area contributed by atoms with Gasteiger partial charge in [-0.1, -0.05) is 43.5 Å². The summed E-state index contributed by atoms with van der Waals surface area (Å²) in [6.45, 7) is 3.72. The van der Waals surface area contributed by atoms with E-state index in [1.807, 2.05) is 44.2 Å². The van der Waals surface area contributed by atoms with E-state index < -0.39 is 0 Å². The van der Waals surface area contributed by atoms with Crippen molar-refractivity contribution in [3.8, 4) is 22.9 Å². The second-order valence-corrected chi connectivity index (χ2v) is 3.36. The van der Waals surface area contributed by atoms with Crippen LogP contribution in [-0.2, 0) is 0 Å². The third-order valence-corrected chi connectivity index (χ3v) is 1.16. The minimum absolute atomic E-state index is 0.190. The molecular weight excluding hydrogens is 276 g/mol. The Labute approximate surface area is 125 Å². The van der Waals surface area contributed by atoms with E-state index in [1.54, 1.807) is 12.1 Å². The Hall–Kier alpha value is -2.12. The molecule has 0 bridgehead atoms. The molecule has 0 aliphatic carbocycles. The fourth-order valence-electron chi connectivity index (χ4n) is 0.513. The molecule has 0 atom stereocenters. The molecule has 4 nitrogen and oxygen atoms in total. The third kappa shape index (κ3) is 31.3. The summed E-state index contributed by atoms with van der Waals surface area (Å²) in [4.78, 5) is 0. The zero-order valence-electron chi connectivity index (χ0n) is 10.6. The van der Waals surface area contributed by atoms with E-state index in [9.17, 15) is 0 Å². The number of hydrogen-bond acceptors (Lipinski definition) is 6. The minimum atomic E-state index is 0.190. The van der Waals surface area contributed by atoms with Crippen LogP contribution in [0, 0.1) is 49.9 Å². The number of hydrogen-bond donors (Lipinski definition) is 2. The van der Waals surface area contributed by atoms with E-state index in [0.717, 1.165) is 0 Å². The average molecular weight is 290 g/mol. The van der Waals surface area contributed by atoms with Gasteiger partial charge in [0, 0.05) is 5.92 Å². The number of thiocyanates is 2. The maximum atomic E-state index is 8.29. The van der Waals surface area contributed by atoms with E-state index in [1.165, 1.54) is 10.8 Å². The normalized spacial score (nSPS) is 6.16. The molecule has 0 spiro atoms. The molecule has 0 radical (unpaired) electrons. The molecule has 0 aliphatic heterocycles. The highest BCUT2D eigenvalue weighted by atomic mass is 32.1. The van der Waals surface area contributed by atoms with E-state index >= 15 is 0 Å². The summed E-state index contributed by atoms with van der Waals surface area (Å²) in [5.74, 6) is 0.190. The van der Waals surface area contributed by atoms with Crippen LogP contribution in [0.5, 0.6) is 0 Å². The van der Waals surface area contributed by atoms with Crippen LogP contribution in [0.25, 0.3) is 0 Å². The van der Waals surface area contributed by atoms with Gasteiger partial charge in [0.1, 0.15) is 10.8 Å². The minimum Gasteiger partial charge on any atom is -0.198 e. The molecule has 6 heteroatoms. The van der Waals surface area contributed by atoms with Gasteiger partial charge in [0.25, 0.3) is 0 Å². The number of nitrogens with zero attached hydrogens (tertiary/aromatic N) is 4. The molecule has 0 fully saturated rings. The molecule has 0 saturated heterocycles. The van der Waals surface area contributed by atoms with E-state index in [2.05, 4.69) is 25.3 Å². The average Bonchev–Trinajstić information content (AvgIpc) is 2.42. The largest absolute Gasteiger partial charge is 0.198 e. The summed E-state index contributed by atoms with van der Waals surface area (Å²) in [6, 6.07) is 13.2. The zero-order chi connectivity index (χ0) is 15.5. The predicted octanol–water partition coefficient (Wildman–Crippen LogP) is 3.52. The Morgan fingerprint density at radius 1 is 0.895 bits per heavy atom. The van der Waals surface area contributed by atoms with Crippen molar-refractivity contribution in [2.45, 2.75) is 13.8 Å². The first-order valence-electron chi connectivity index (χ1n) is 4.95. The van der Waals surface area contributed by atoms with Crippen LogP contribution in [0.2, 0.25) is 0 Å². The lowest BCUT2D eigenvalue weighted by Crippen LogP contribution is -1.72. The molecule has 1 aromatic carbocycles. The van der Waals surface area contributed by atoms with Crippen molar-refractivity contribution in [2.75, 3.05) is 0 Å². The maximum absolute atomic E-state index is 8.29. The van der Waals surface area contributed by atoms with Gasteiger partial charge in [-0.2, -0.15) is 21.0 Å². The van der Waals surface area contributed by atoms with Gasteiger partial charge < -0.3 is 0 Å². The summed E-state index contributed by atoms with van der Waals surface area (Å²) in [7, 11) is 0. The van der Waals surface area contributed by atoms with Gasteiger partial charge >= 0.3 is 0 Å². The van der Waals surface area contributed by atoms with Crippen LogP contribution in [-0.4, -0.2) is 0 Å². The highest BCUT2D eigenvalue weighted by Gasteiger charge is 1.79. The van der Waals surface area contributed by atoms with Crippen LogP contribution >= 0.6 is 25.3 Å². The molecule has 98 valence electrons. The van der Waals surface area contributed by atoms with Gasteiger partial charge in [0.2, 0.25) is 0 Å². The van der Waals surface area contributed by atoms with Crippen molar-refractivity contribution in [2.24, 2.45) is 5.92 Å². The summed E-state index contributed by atoms with van der Waals surface area (Å²) in [6.07, 6.45) is 0. The topological polar surface area (TPSA) is 95.2 Å². The molecule has 0 aromatic heterocycles. The standard InChI is InChI=1S/C7H5N.C4H7N.2CHNS/c8-6-7-4-2-1-3-5-7;1-4(2)3-5;2*2-1-3/h1-5H;4H,1-2H3;2*3H. The highest BCUT2D eigenvalue weighted by Crippen LogP contribution is 1.93. The molecule has 0 unspecified atom stereocenters. The molecule has 1 aromatic rings. The predicted molar refractivity (Wildman–Crippen MR) is 80.8 cm³/mol. The molecule has 0 saturated carbocycles. The first-order valence-corrected chi connectivity index (χ1v) is 5.84. The van der Waals surface area contributed by atoms with Gasteiger partial charge in [-0.15, -0.1) is 0 Å². The summed E-state index contributed by atoms with van der Waals surface area (Å²) in [5, 5.41) is 33.4. The lowest BCUT2D eigenvalue weighted by Gasteiger charge is -1.80. The molecule has 19 heavy (non-hydrogen) atoms. The number of thiol groups is 2. The quantitative estimate of drug-likeness (QED) is 0.564. The molecular formula is C13H14N4S2. The second kappa shape index (κ2) is 21.2. The molecule has 0 aliphatic rings. The molecule has 0 heterocycles. The summed E-state index contributed by atoms with van der Waals surface area (Å²) >= 11 is 6.19. The van der Waals surface area contributed by atoms with Crippen molar-refractivity contribution < 1.29 is 0 Å². The van der Waals surface area contributed by atoms with Gasteiger partial charge in [0.05, 0.1) is 17.7 Å². The summed E-state index contributed by atoms with van der Waals surface area (Å²) in [5.41, 5.74) is 0.715. The van der Waals surface area contributed by atoms with Gasteiger partial charge in [-0.25, -0.2) is 0 Å². The Morgan fingerprint density at radius 3 is 1.37 bits per heavy atom. The van der Waals surface area contributed by atoms with Gasteiger partial charge in [-0.3, -0.25) is 0 Å². The molecule has 0 amide bonds. The third-order valence-electron chi connectivity index (χ3n) is 1.16. The van der Waals surface area contributed by atoms with Crippen LogP contribution in [0.1, 0.15) is 19.4 Å². The van der Waals surface area contributed by atoms with E-state index in [4.69, 9.17) is 21.0 Å². The van der Waals surface area contributed by atoms with Crippen molar-refractivity contribution in [1.29, 1.82) is 21.0 Å². The fraction of sp³-hybridized carbons (Fsp3) is 0.231. The van der Waals surface area contributed by atoms with E-state index in [-0.39, 0.29) is 5.92 Å². The Kier molecular flexibility index (Phi) is 24.6. The first-order chi connectivity index (χ1) is 9.03. The fourth-order valence-corrected chi connectivity index (χ4v) is 0.513. The number of benzene rings is 1. The monoisotopic (exact) mass is 290 g/mol. The van der Waals surface area contributed by atoms with E-state index in [0.29, 0.717) is 5.56 Å². The van der Waals surface area contributed by atoms with Crippen LogP contribution in [0.4, 0.5) is 0 Å². The lowest BCUT2D eigenvalue weighted by molar-refractivity contribution is 0.849. The Bertz CT molecular complexity index is 447. The maximum Gasteiger partial charge on any atom is 0.130 e. The Balaban J connectivity index is -0.000000202. The number of rotatable bonds is 0. The molecule has 0 N–H and O–H groups in total. The SMILES string of the molecule is CC(C)C#N.N#CS.N#CS.N#Cc1ccccc1. The van der Waals surface area contributed by atoms with Gasteiger partial charge in [0.15, 0.2) is 0 Å². The van der Waals surface area contributed by atoms with Gasteiger partial charge in [-0.05, 0) is 26.0 Å². The smallest absolute Gasteiger partial charge is 0.130 e. The Morgan fingerprint density at radius 2 is 1.21 bits per heavy atom. The number of nitriles is 4. The lowest BCUT2D eigenvalue weighted by atomic mass is 10.2. The highest BCUT2D eigenvalue weighted by molar-refractivity contribution is 7.85. The van der Waals surface area contributed by atoms with Crippen molar-refractivity contribution in [3.05, 3.63) is 35.9 Å². The van der Waals surface area contributed by atoms with Crippen molar-refractivity contribution in [1.82, 2.24) is 0 Å². The van der Waals surface area contributed by atoms with Crippen LogP contribution in [0.3, 0.4) is 0 Å².